The number of nitrogens with one attached hydrogen (secondary N) is 1. The average Bonchev–Trinajstić information content (AvgIpc) is 2.33. The van der Waals surface area contributed by atoms with Crippen molar-refractivity contribution in [1.29, 1.82) is 0 Å². The van der Waals surface area contributed by atoms with Gasteiger partial charge in [0, 0.05) is 30.1 Å². The molecule has 0 bridgehead atoms. The van der Waals surface area contributed by atoms with Gasteiger partial charge in [-0.25, -0.2) is 8.42 Å². The summed E-state index contributed by atoms with van der Waals surface area (Å²) in [5.41, 5.74) is 1.72. The molecule has 1 heterocycles. The Bertz CT molecular complexity index is 592. The first kappa shape index (κ1) is 17.9. The fourth-order valence-corrected chi connectivity index (χ4v) is 4.57. The Kier molecular flexibility index (Phi) is 6.04. The zero-order valence-corrected chi connectivity index (χ0v) is 15.0. The van der Waals surface area contributed by atoms with Crippen LogP contribution in [0.5, 0.6) is 0 Å². The molecule has 7 heteroatoms. The van der Waals surface area contributed by atoms with E-state index in [0.29, 0.717) is 24.5 Å². The zero-order valence-electron chi connectivity index (χ0n) is 11.8. The summed E-state index contributed by atoms with van der Waals surface area (Å²) in [5, 5.41) is 3.26. The minimum atomic E-state index is -3.39. The zero-order chi connectivity index (χ0) is 14.2. The Hall–Kier alpha value is -0.140. The number of benzene rings is 1. The fourth-order valence-electron chi connectivity index (χ4n) is 2.29. The predicted molar refractivity (Wildman–Crippen MR) is 87.1 cm³/mol. The van der Waals surface area contributed by atoms with Crippen molar-refractivity contribution in [3.8, 4) is 0 Å². The summed E-state index contributed by atoms with van der Waals surface area (Å²) in [6.07, 6.45) is 0. The molecule has 1 atom stereocenters. The van der Waals surface area contributed by atoms with Crippen LogP contribution in [0.25, 0.3) is 0 Å². The Labute approximate surface area is 135 Å². The van der Waals surface area contributed by atoms with Crippen LogP contribution in [-0.2, 0) is 10.0 Å². The van der Waals surface area contributed by atoms with E-state index >= 15 is 0 Å². The van der Waals surface area contributed by atoms with Gasteiger partial charge in [-0.15, -0.1) is 12.4 Å². The highest BCUT2D eigenvalue weighted by atomic mass is 79.9. The van der Waals surface area contributed by atoms with Gasteiger partial charge in [0.15, 0.2) is 0 Å². The van der Waals surface area contributed by atoms with E-state index in [4.69, 9.17) is 0 Å². The van der Waals surface area contributed by atoms with E-state index in [-0.39, 0.29) is 18.4 Å². The van der Waals surface area contributed by atoms with Crippen LogP contribution in [0.2, 0.25) is 0 Å². The second kappa shape index (κ2) is 6.75. The maximum absolute atomic E-state index is 12.7. The lowest BCUT2D eigenvalue weighted by Gasteiger charge is -2.31. The second-order valence-electron chi connectivity index (χ2n) is 5.09. The minimum absolute atomic E-state index is 0. The standard InChI is InChI=1S/C13H19BrN2O2S.ClH/c1-9-7-13(10(2)6-12(9)14)19(17,18)16-5-4-15-11(3)8-16;/h6-7,11,15H,4-5,8H2,1-3H3;1H. The lowest BCUT2D eigenvalue weighted by Crippen LogP contribution is -2.51. The summed E-state index contributed by atoms with van der Waals surface area (Å²) < 4.78 is 27.9. The summed E-state index contributed by atoms with van der Waals surface area (Å²) in [5.74, 6) is 0. The number of rotatable bonds is 2. The third-order valence-electron chi connectivity index (χ3n) is 3.41. The molecular weight excluding hydrogens is 364 g/mol. The van der Waals surface area contributed by atoms with Crippen molar-refractivity contribution in [2.75, 3.05) is 19.6 Å². The molecule has 1 fully saturated rings. The Morgan fingerprint density at radius 3 is 2.55 bits per heavy atom. The van der Waals surface area contributed by atoms with Gasteiger partial charge in [0.2, 0.25) is 10.0 Å². The van der Waals surface area contributed by atoms with Gasteiger partial charge < -0.3 is 5.32 Å². The van der Waals surface area contributed by atoms with Gasteiger partial charge in [-0.05, 0) is 44.0 Å². The lowest BCUT2D eigenvalue weighted by atomic mass is 10.2. The SMILES string of the molecule is Cc1cc(S(=O)(=O)N2CCNC(C)C2)c(C)cc1Br.Cl. The van der Waals surface area contributed by atoms with Crippen molar-refractivity contribution in [3.63, 3.8) is 0 Å². The highest BCUT2D eigenvalue weighted by Gasteiger charge is 2.29. The molecule has 1 aliphatic rings. The average molecular weight is 384 g/mol. The van der Waals surface area contributed by atoms with Gasteiger partial charge in [-0.1, -0.05) is 15.9 Å². The molecule has 2 rings (SSSR count). The first-order valence-electron chi connectivity index (χ1n) is 6.32. The number of sulfonamides is 1. The van der Waals surface area contributed by atoms with Gasteiger partial charge in [-0.2, -0.15) is 4.31 Å². The maximum atomic E-state index is 12.7. The number of piperazine rings is 1. The highest BCUT2D eigenvalue weighted by molar-refractivity contribution is 9.10. The molecule has 114 valence electrons. The molecule has 0 aliphatic carbocycles. The number of halogens is 2. The van der Waals surface area contributed by atoms with Crippen molar-refractivity contribution in [3.05, 3.63) is 27.7 Å². The van der Waals surface area contributed by atoms with E-state index in [1.165, 1.54) is 0 Å². The van der Waals surface area contributed by atoms with Crippen LogP contribution in [0.1, 0.15) is 18.1 Å². The van der Waals surface area contributed by atoms with Gasteiger partial charge in [0.05, 0.1) is 4.90 Å². The van der Waals surface area contributed by atoms with Gasteiger partial charge in [-0.3, -0.25) is 0 Å². The molecule has 1 aliphatic heterocycles. The fraction of sp³-hybridized carbons (Fsp3) is 0.538. The number of hydrogen-bond acceptors (Lipinski definition) is 3. The number of nitrogens with zero attached hydrogens (tertiary/aromatic N) is 1. The molecule has 20 heavy (non-hydrogen) atoms. The topological polar surface area (TPSA) is 49.4 Å². The van der Waals surface area contributed by atoms with Crippen molar-refractivity contribution in [1.82, 2.24) is 9.62 Å². The second-order valence-corrected chi connectivity index (χ2v) is 7.85. The van der Waals surface area contributed by atoms with E-state index in [1.54, 1.807) is 10.4 Å². The quantitative estimate of drug-likeness (QED) is 0.853. The monoisotopic (exact) mass is 382 g/mol. The third-order valence-corrected chi connectivity index (χ3v) is 6.27. The normalized spacial score (nSPS) is 20.5. The molecule has 0 saturated carbocycles. The number of aryl methyl sites for hydroxylation is 2. The molecule has 1 aromatic rings. The van der Waals surface area contributed by atoms with Crippen molar-refractivity contribution < 1.29 is 8.42 Å². The van der Waals surface area contributed by atoms with E-state index < -0.39 is 10.0 Å². The molecular formula is C13H20BrClN2O2S. The maximum Gasteiger partial charge on any atom is 0.243 e. The first-order chi connectivity index (χ1) is 8.82. The van der Waals surface area contributed by atoms with Crippen molar-refractivity contribution >= 4 is 38.4 Å². The van der Waals surface area contributed by atoms with E-state index in [2.05, 4.69) is 21.2 Å². The van der Waals surface area contributed by atoms with Crippen molar-refractivity contribution in [2.45, 2.75) is 31.7 Å². The molecule has 1 unspecified atom stereocenters. The summed E-state index contributed by atoms with van der Waals surface area (Å²) in [6, 6.07) is 3.82. The van der Waals surface area contributed by atoms with E-state index in [9.17, 15) is 8.42 Å². The van der Waals surface area contributed by atoms with E-state index in [1.807, 2.05) is 26.8 Å². The van der Waals surface area contributed by atoms with E-state index in [0.717, 1.165) is 15.6 Å². The van der Waals surface area contributed by atoms with Gasteiger partial charge in [0.25, 0.3) is 0 Å². The molecule has 0 amide bonds. The van der Waals surface area contributed by atoms with Crippen LogP contribution in [0.4, 0.5) is 0 Å². The molecule has 0 radical (unpaired) electrons. The largest absolute Gasteiger partial charge is 0.312 e. The van der Waals surface area contributed by atoms with Crippen LogP contribution in [0.3, 0.4) is 0 Å². The van der Waals surface area contributed by atoms with Gasteiger partial charge >= 0.3 is 0 Å². The smallest absolute Gasteiger partial charge is 0.243 e. The molecule has 1 aromatic carbocycles. The molecule has 1 saturated heterocycles. The van der Waals surface area contributed by atoms with Crippen LogP contribution in [0.15, 0.2) is 21.5 Å². The van der Waals surface area contributed by atoms with Crippen LogP contribution < -0.4 is 5.32 Å². The molecule has 1 N–H and O–H groups in total. The highest BCUT2D eigenvalue weighted by Crippen LogP contribution is 2.27. The first-order valence-corrected chi connectivity index (χ1v) is 8.56. The molecule has 4 nitrogen and oxygen atoms in total. The third kappa shape index (κ3) is 3.54. The summed E-state index contributed by atoms with van der Waals surface area (Å²) >= 11 is 3.43. The summed E-state index contributed by atoms with van der Waals surface area (Å²) in [6.45, 7) is 7.50. The Morgan fingerprint density at radius 1 is 1.30 bits per heavy atom. The summed E-state index contributed by atoms with van der Waals surface area (Å²) in [7, 11) is -3.39. The van der Waals surface area contributed by atoms with Crippen LogP contribution in [0, 0.1) is 13.8 Å². The van der Waals surface area contributed by atoms with Crippen LogP contribution in [-0.4, -0.2) is 38.4 Å². The number of hydrogen-bond donors (Lipinski definition) is 1. The minimum Gasteiger partial charge on any atom is -0.312 e. The summed E-state index contributed by atoms with van der Waals surface area (Å²) in [4.78, 5) is 0.419. The molecule has 0 spiro atoms. The predicted octanol–water partition coefficient (Wildman–Crippen LogP) is 2.47. The Balaban J connectivity index is 0.00000200. The van der Waals surface area contributed by atoms with Crippen molar-refractivity contribution in [2.24, 2.45) is 0 Å². The molecule has 0 aromatic heterocycles. The lowest BCUT2D eigenvalue weighted by molar-refractivity contribution is 0.310. The van der Waals surface area contributed by atoms with Crippen LogP contribution >= 0.6 is 28.3 Å². The Morgan fingerprint density at radius 2 is 1.95 bits per heavy atom. The van der Waals surface area contributed by atoms with Gasteiger partial charge in [0.1, 0.15) is 0 Å².